The van der Waals surface area contributed by atoms with Crippen molar-refractivity contribution in [2.45, 2.75) is 9.79 Å². The van der Waals surface area contributed by atoms with Gasteiger partial charge in [0.2, 0.25) is 0 Å². The van der Waals surface area contributed by atoms with E-state index in [0.29, 0.717) is 32.9 Å². The molecule has 0 bridgehead atoms. The van der Waals surface area contributed by atoms with Crippen LogP contribution in [0.3, 0.4) is 0 Å². The summed E-state index contributed by atoms with van der Waals surface area (Å²) in [6.45, 7) is 0. The summed E-state index contributed by atoms with van der Waals surface area (Å²) in [6.07, 6.45) is 0. The molecular weight excluding hydrogens is 502 g/mol. The van der Waals surface area contributed by atoms with Gasteiger partial charge >= 0.3 is 65.1 Å². The van der Waals surface area contributed by atoms with Gasteiger partial charge in [0, 0.05) is 11.4 Å². The SMILES string of the molecule is O=C(Nc1ccc2ccc(S(=O)(=O)O)cc2c1)Nc1ccc2ccc(S(=O)(=O)O)cc2c1.[NaH].[NaH]. The number of hydrogen-bond acceptors (Lipinski definition) is 5. The molecule has 168 valence electrons. The Bertz CT molecular complexity index is 1490. The average Bonchev–Trinajstić information content (AvgIpc) is 2.71. The zero-order valence-corrected chi connectivity index (χ0v) is 17.8. The van der Waals surface area contributed by atoms with E-state index in [0.717, 1.165) is 0 Å². The van der Waals surface area contributed by atoms with Gasteiger partial charge in [0.05, 0.1) is 9.79 Å². The van der Waals surface area contributed by atoms with Gasteiger partial charge in [-0.15, -0.1) is 0 Å². The van der Waals surface area contributed by atoms with Crippen LogP contribution in [0.5, 0.6) is 0 Å². The molecule has 13 heteroatoms. The Morgan fingerprint density at radius 2 is 0.912 bits per heavy atom. The third kappa shape index (κ3) is 6.79. The molecule has 0 aromatic heterocycles. The minimum absolute atomic E-state index is 0. The summed E-state index contributed by atoms with van der Waals surface area (Å²) in [5, 5.41) is 7.69. The van der Waals surface area contributed by atoms with Crippen LogP contribution in [-0.2, 0) is 20.2 Å². The van der Waals surface area contributed by atoms with E-state index in [1.165, 1.54) is 36.4 Å². The van der Waals surface area contributed by atoms with Gasteiger partial charge in [-0.25, -0.2) is 4.79 Å². The zero-order chi connectivity index (χ0) is 23.1. The van der Waals surface area contributed by atoms with E-state index in [1.807, 2.05) is 0 Å². The number of fused-ring (bicyclic) bond motifs is 2. The predicted octanol–water partition coefficient (Wildman–Crippen LogP) is 2.83. The molecule has 4 rings (SSSR count). The number of urea groups is 1. The molecule has 9 nitrogen and oxygen atoms in total. The first-order valence-corrected chi connectivity index (χ1v) is 12.0. The quantitative estimate of drug-likeness (QED) is 0.239. The maximum atomic E-state index is 12.4. The molecule has 0 aliphatic carbocycles. The van der Waals surface area contributed by atoms with Gasteiger partial charge < -0.3 is 10.6 Å². The summed E-state index contributed by atoms with van der Waals surface area (Å²) >= 11 is 0. The maximum absolute atomic E-state index is 12.4. The summed E-state index contributed by atoms with van der Waals surface area (Å²) in [5.74, 6) is 0. The third-order valence-electron chi connectivity index (χ3n) is 4.73. The molecule has 0 saturated carbocycles. The second-order valence-electron chi connectivity index (χ2n) is 6.98. The van der Waals surface area contributed by atoms with Crippen molar-refractivity contribution in [1.29, 1.82) is 0 Å². The number of carbonyl (C=O) groups is 1. The first kappa shape index (κ1) is 28.7. The average molecular weight is 520 g/mol. The molecule has 0 aliphatic rings. The van der Waals surface area contributed by atoms with Crippen LogP contribution in [0, 0.1) is 0 Å². The Labute approximate surface area is 240 Å². The van der Waals surface area contributed by atoms with Crippen molar-refractivity contribution in [2.75, 3.05) is 10.6 Å². The van der Waals surface area contributed by atoms with Crippen LogP contribution in [0.15, 0.2) is 82.6 Å². The van der Waals surface area contributed by atoms with Crippen molar-refractivity contribution >= 4 is 118 Å². The van der Waals surface area contributed by atoms with E-state index in [1.54, 1.807) is 36.4 Å². The van der Waals surface area contributed by atoms with Gasteiger partial charge in [0.15, 0.2) is 0 Å². The van der Waals surface area contributed by atoms with Crippen LogP contribution < -0.4 is 10.6 Å². The molecule has 4 N–H and O–H groups in total. The molecule has 0 radical (unpaired) electrons. The number of nitrogens with one attached hydrogen (secondary N) is 2. The summed E-state index contributed by atoms with van der Waals surface area (Å²) in [7, 11) is -8.71. The fourth-order valence-electron chi connectivity index (χ4n) is 3.22. The van der Waals surface area contributed by atoms with Crippen molar-refractivity contribution in [1.82, 2.24) is 0 Å². The van der Waals surface area contributed by atoms with E-state index in [-0.39, 0.29) is 68.9 Å². The van der Waals surface area contributed by atoms with Gasteiger partial charge in [-0.05, 0) is 70.1 Å². The van der Waals surface area contributed by atoms with E-state index in [4.69, 9.17) is 0 Å². The van der Waals surface area contributed by atoms with Gasteiger partial charge in [0.1, 0.15) is 0 Å². The van der Waals surface area contributed by atoms with Crippen molar-refractivity contribution in [2.24, 2.45) is 0 Å². The predicted molar refractivity (Wildman–Crippen MR) is 134 cm³/mol. The zero-order valence-electron chi connectivity index (χ0n) is 16.2. The molecular formula is C21H18N2Na2O7S2. The monoisotopic (exact) mass is 520 g/mol. The van der Waals surface area contributed by atoms with Crippen LogP contribution in [0.25, 0.3) is 21.5 Å². The molecule has 0 fully saturated rings. The second kappa shape index (κ2) is 11.0. The molecule has 0 spiro atoms. The number of carbonyl (C=O) groups excluding carboxylic acids is 1. The van der Waals surface area contributed by atoms with E-state index in [2.05, 4.69) is 10.6 Å². The van der Waals surface area contributed by atoms with E-state index >= 15 is 0 Å². The van der Waals surface area contributed by atoms with Crippen LogP contribution in [0.1, 0.15) is 0 Å². The molecule has 0 saturated heterocycles. The standard InChI is InChI=1S/C21H16N2O7S2.2Na.2H/c24-21(22-17-5-1-13-3-7-19(31(25,26)27)11-15(13)9-17)23-18-6-2-14-4-8-20(32(28,29)30)12-16(14)10-18;;;;/h1-12H,(H2,22,23,24)(H,25,26,27)(H,28,29,30);;;;. The number of hydrogen-bond donors (Lipinski definition) is 4. The summed E-state index contributed by atoms with van der Waals surface area (Å²) in [4.78, 5) is 11.9. The first-order valence-electron chi connectivity index (χ1n) is 9.10. The Hall–Kier alpha value is -1.51. The summed E-state index contributed by atoms with van der Waals surface area (Å²) in [5.41, 5.74) is 0.772. The number of anilines is 2. The Balaban J connectivity index is 0.00000204. The Morgan fingerprint density at radius 1 is 0.559 bits per heavy atom. The van der Waals surface area contributed by atoms with E-state index < -0.39 is 26.3 Å². The number of benzene rings is 4. The minimum atomic E-state index is -4.35. The fourth-order valence-corrected chi connectivity index (χ4v) is 4.25. The molecule has 4 aromatic rings. The van der Waals surface area contributed by atoms with Crippen molar-refractivity contribution < 1.29 is 30.7 Å². The van der Waals surface area contributed by atoms with Crippen LogP contribution >= 0.6 is 0 Å². The van der Waals surface area contributed by atoms with Crippen molar-refractivity contribution in [3.8, 4) is 0 Å². The molecule has 4 aromatic carbocycles. The molecule has 0 aliphatic heterocycles. The molecule has 0 atom stereocenters. The Kier molecular flexibility index (Phi) is 9.33. The summed E-state index contributed by atoms with van der Waals surface area (Å²) in [6, 6.07) is 17.4. The third-order valence-corrected chi connectivity index (χ3v) is 6.43. The van der Waals surface area contributed by atoms with Crippen molar-refractivity contribution in [3.05, 3.63) is 72.8 Å². The van der Waals surface area contributed by atoms with Crippen LogP contribution in [0.2, 0.25) is 0 Å². The topological polar surface area (TPSA) is 150 Å². The fraction of sp³-hybridized carbons (Fsp3) is 0. The van der Waals surface area contributed by atoms with Crippen molar-refractivity contribution in [3.63, 3.8) is 0 Å². The van der Waals surface area contributed by atoms with Gasteiger partial charge in [-0.1, -0.05) is 24.3 Å². The molecule has 34 heavy (non-hydrogen) atoms. The molecule has 0 unspecified atom stereocenters. The summed E-state index contributed by atoms with van der Waals surface area (Å²) < 4.78 is 63.8. The first-order chi connectivity index (χ1) is 15.0. The van der Waals surface area contributed by atoms with Gasteiger partial charge in [-0.3, -0.25) is 9.11 Å². The molecule has 2 amide bonds. The van der Waals surface area contributed by atoms with Gasteiger partial charge in [-0.2, -0.15) is 16.8 Å². The van der Waals surface area contributed by atoms with Crippen LogP contribution in [0.4, 0.5) is 16.2 Å². The van der Waals surface area contributed by atoms with Crippen LogP contribution in [-0.4, -0.2) is 91.1 Å². The van der Waals surface area contributed by atoms with E-state index in [9.17, 15) is 30.7 Å². The Morgan fingerprint density at radius 3 is 1.26 bits per heavy atom. The second-order valence-corrected chi connectivity index (χ2v) is 9.82. The normalized spacial score (nSPS) is 11.4. The number of rotatable bonds is 4. The van der Waals surface area contributed by atoms with Gasteiger partial charge in [0.25, 0.3) is 20.2 Å². The molecule has 0 heterocycles. The number of amides is 2.